The Morgan fingerprint density at radius 3 is 2.33 bits per heavy atom. The van der Waals surface area contributed by atoms with Gasteiger partial charge < -0.3 is 10.4 Å². The van der Waals surface area contributed by atoms with Crippen LogP contribution in [0, 0.1) is 6.92 Å². The van der Waals surface area contributed by atoms with Gasteiger partial charge in [0.15, 0.2) is 0 Å². The minimum atomic E-state index is -0.00221. The third-order valence-corrected chi connectivity index (χ3v) is 3.87. The summed E-state index contributed by atoms with van der Waals surface area (Å²) >= 11 is 0. The number of phenols is 1. The maximum absolute atomic E-state index is 10.6. The molecule has 2 heteroatoms. The molecule has 1 saturated heterocycles. The molecule has 0 bridgehead atoms. The second-order valence-electron chi connectivity index (χ2n) is 6.52. The van der Waals surface area contributed by atoms with E-state index in [4.69, 9.17) is 0 Å². The lowest BCUT2D eigenvalue weighted by Crippen LogP contribution is -2.27. The van der Waals surface area contributed by atoms with Gasteiger partial charge in [0.05, 0.1) is 0 Å². The second kappa shape index (κ2) is 4.93. The number of hydrogen-bond donors (Lipinski definition) is 2. The fraction of sp³-hybridized carbons (Fsp3) is 0.625. The predicted octanol–water partition coefficient (Wildman–Crippen LogP) is 3.47. The first kappa shape index (κ1) is 13.4. The highest BCUT2D eigenvalue weighted by molar-refractivity contribution is 5.48. The topological polar surface area (TPSA) is 32.3 Å². The molecule has 2 rings (SSSR count). The maximum Gasteiger partial charge on any atom is 0.122 e. The van der Waals surface area contributed by atoms with Crippen LogP contribution in [0.15, 0.2) is 12.1 Å². The Bertz CT molecular complexity index is 425. The molecule has 0 saturated carbocycles. The van der Waals surface area contributed by atoms with Crippen molar-refractivity contribution in [2.75, 3.05) is 13.1 Å². The lowest BCUT2D eigenvalue weighted by molar-refractivity contribution is 0.410. The standard InChI is InChI=1S/C16H25NO/c1-11-9-13(12-5-7-17-8-6-12)15(18)14(10-11)16(2,3)4/h9-10,12,17-18H,5-8H2,1-4H3. The molecule has 1 aromatic carbocycles. The fourth-order valence-corrected chi connectivity index (χ4v) is 2.82. The molecule has 0 amide bonds. The molecule has 0 spiro atoms. The van der Waals surface area contributed by atoms with Gasteiger partial charge >= 0.3 is 0 Å². The third kappa shape index (κ3) is 2.69. The average molecular weight is 247 g/mol. The summed E-state index contributed by atoms with van der Waals surface area (Å²) in [6.45, 7) is 10.7. The van der Waals surface area contributed by atoms with Crippen molar-refractivity contribution in [1.29, 1.82) is 0 Å². The van der Waals surface area contributed by atoms with E-state index in [9.17, 15) is 5.11 Å². The molecule has 0 radical (unpaired) electrons. The van der Waals surface area contributed by atoms with Gasteiger partial charge in [-0.1, -0.05) is 38.5 Å². The molecule has 100 valence electrons. The van der Waals surface area contributed by atoms with Crippen molar-refractivity contribution in [2.24, 2.45) is 0 Å². The van der Waals surface area contributed by atoms with Crippen LogP contribution in [0.4, 0.5) is 0 Å². The highest BCUT2D eigenvalue weighted by atomic mass is 16.3. The van der Waals surface area contributed by atoms with Gasteiger partial charge in [-0.15, -0.1) is 0 Å². The molecule has 0 unspecified atom stereocenters. The number of piperidine rings is 1. The van der Waals surface area contributed by atoms with Gasteiger partial charge in [-0.05, 0) is 55.3 Å². The molecule has 1 fully saturated rings. The molecule has 18 heavy (non-hydrogen) atoms. The van der Waals surface area contributed by atoms with Crippen molar-refractivity contribution in [3.63, 3.8) is 0 Å². The largest absolute Gasteiger partial charge is 0.507 e. The number of phenolic OH excluding ortho intramolecular Hbond substituents is 1. The Labute approximate surface area is 110 Å². The number of rotatable bonds is 1. The van der Waals surface area contributed by atoms with Crippen molar-refractivity contribution >= 4 is 0 Å². The van der Waals surface area contributed by atoms with E-state index >= 15 is 0 Å². The Kier molecular flexibility index (Phi) is 3.67. The van der Waals surface area contributed by atoms with Gasteiger partial charge in [0.1, 0.15) is 5.75 Å². The van der Waals surface area contributed by atoms with Crippen LogP contribution in [0.25, 0.3) is 0 Å². The zero-order chi connectivity index (χ0) is 13.3. The molecule has 2 N–H and O–H groups in total. The van der Waals surface area contributed by atoms with Crippen molar-refractivity contribution < 1.29 is 5.11 Å². The van der Waals surface area contributed by atoms with E-state index in [1.807, 2.05) is 0 Å². The van der Waals surface area contributed by atoms with Crippen LogP contribution in [0.5, 0.6) is 5.75 Å². The third-order valence-electron chi connectivity index (χ3n) is 3.87. The van der Waals surface area contributed by atoms with Gasteiger partial charge in [-0.25, -0.2) is 0 Å². The van der Waals surface area contributed by atoms with E-state index in [2.05, 4.69) is 45.1 Å². The molecule has 0 aromatic heterocycles. The normalized spacial score (nSPS) is 18.0. The van der Waals surface area contributed by atoms with E-state index in [0.29, 0.717) is 11.7 Å². The summed E-state index contributed by atoms with van der Waals surface area (Å²) in [6, 6.07) is 4.29. The summed E-state index contributed by atoms with van der Waals surface area (Å²) in [4.78, 5) is 0. The van der Waals surface area contributed by atoms with Crippen molar-refractivity contribution in [2.45, 2.75) is 51.9 Å². The Morgan fingerprint density at radius 2 is 1.78 bits per heavy atom. The molecular weight excluding hydrogens is 222 g/mol. The number of nitrogens with one attached hydrogen (secondary N) is 1. The van der Waals surface area contributed by atoms with Gasteiger partial charge in [0.2, 0.25) is 0 Å². The number of aryl methyl sites for hydroxylation is 1. The van der Waals surface area contributed by atoms with E-state index in [1.165, 1.54) is 5.56 Å². The van der Waals surface area contributed by atoms with Crippen molar-refractivity contribution in [3.8, 4) is 5.75 Å². The molecular formula is C16H25NO. The van der Waals surface area contributed by atoms with Crippen molar-refractivity contribution in [1.82, 2.24) is 5.32 Å². The first-order valence-corrected chi connectivity index (χ1v) is 6.94. The van der Waals surface area contributed by atoms with E-state index in [1.54, 1.807) is 0 Å². The number of benzene rings is 1. The summed E-state index contributed by atoms with van der Waals surface area (Å²) in [6.07, 6.45) is 2.25. The Hall–Kier alpha value is -1.02. The average Bonchev–Trinajstić information content (AvgIpc) is 2.31. The van der Waals surface area contributed by atoms with Crippen LogP contribution in [0.1, 0.15) is 56.2 Å². The summed E-state index contributed by atoms with van der Waals surface area (Å²) in [5.41, 5.74) is 3.49. The summed E-state index contributed by atoms with van der Waals surface area (Å²) < 4.78 is 0. The zero-order valence-corrected chi connectivity index (χ0v) is 12.0. The first-order valence-electron chi connectivity index (χ1n) is 6.94. The lowest BCUT2D eigenvalue weighted by Gasteiger charge is -2.28. The number of aromatic hydroxyl groups is 1. The monoisotopic (exact) mass is 247 g/mol. The van der Waals surface area contributed by atoms with Gasteiger partial charge in [-0.3, -0.25) is 0 Å². The van der Waals surface area contributed by atoms with Crippen LogP contribution in [0.3, 0.4) is 0 Å². The molecule has 0 atom stereocenters. The predicted molar refractivity (Wildman–Crippen MR) is 76.4 cm³/mol. The zero-order valence-electron chi connectivity index (χ0n) is 12.0. The maximum atomic E-state index is 10.6. The SMILES string of the molecule is Cc1cc(C2CCNCC2)c(O)c(C(C)(C)C)c1. The van der Waals surface area contributed by atoms with Gasteiger partial charge in [0, 0.05) is 0 Å². The van der Waals surface area contributed by atoms with Gasteiger partial charge in [-0.2, -0.15) is 0 Å². The minimum Gasteiger partial charge on any atom is -0.507 e. The summed E-state index contributed by atoms with van der Waals surface area (Å²) in [5.74, 6) is 1.03. The lowest BCUT2D eigenvalue weighted by atomic mass is 9.80. The molecule has 1 aliphatic heterocycles. The van der Waals surface area contributed by atoms with Crippen molar-refractivity contribution in [3.05, 3.63) is 28.8 Å². The van der Waals surface area contributed by atoms with Crippen LogP contribution >= 0.6 is 0 Å². The molecule has 2 nitrogen and oxygen atoms in total. The Morgan fingerprint density at radius 1 is 1.17 bits per heavy atom. The van der Waals surface area contributed by atoms with Crippen LogP contribution in [-0.2, 0) is 5.41 Å². The highest BCUT2D eigenvalue weighted by Gasteiger charge is 2.25. The Balaban J connectivity index is 2.44. The second-order valence-corrected chi connectivity index (χ2v) is 6.52. The van der Waals surface area contributed by atoms with Crippen LogP contribution in [-0.4, -0.2) is 18.2 Å². The molecule has 0 aliphatic carbocycles. The summed E-state index contributed by atoms with van der Waals surface area (Å²) in [5, 5.41) is 14.0. The van der Waals surface area contributed by atoms with Crippen LogP contribution < -0.4 is 5.32 Å². The molecule has 1 aliphatic rings. The fourth-order valence-electron chi connectivity index (χ4n) is 2.82. The van der Waals surface area contributed by atoms with E-state index in [0.717, 1.165) is 37.1 Å². The summed E-state index contributed by atoms with van der Waals surface area (Å²) in [7, 11) is 0. The molecule has 1 aromatic rings. The van der Waals surface area contributed by atoms with Gasteiger partial charge in [0.25, 0.3) is 0 Å². The first-order chi connectivity index (χ1) is 8.39. The van der Waals surface area contributed by atoms with E-state index in [-0.39, 0.29) is 5.41 Å². The smallest absolute Gasteiger partial charge is 0.122 e. The molecule has 1 heterocycles. The van der Waals surface area contributed by atoms with E-state index < -0.39 is 0 Å². The quantitative estimate of drug-likeness (QED) is 0.796. The number of hydrogen-bond acceptors (Lipinski definition) is 2. The highest BCUT2D eigenvalue weighted by Crippen LogP contribution is 2.39. The minimum absolute atomic E-state index is 0.00221. The van der Waals surface area contributed by atoms with Crippen LogP contribution in [0.2, 0.25) is 0 Å².